The van der Waals surface area contributed by atoms with Gasteiger partial charge in [-0.15, -0.1) is 11.3 Å². The number of nitrogens with one attached hydrogen (secondary N) is 1. The van der Waals surface area contributed by atoms with Gasteiger partial charge >= 0.3 is 11.4 Å². The van der Waals surface area contributed by atoms with Crippen molar-refractivity contribution >= 4 is 17.6 Å². The molecule has 0 saturated heterocycles. The van der Waals surface area contributed by atoms with Crippen molar-refractivity contribution in [2.45, 2.75) is 24.9 Å². The minimum absolute atomic E-state index is 0.101. The van der Waals surface area contributed by atoms with Crippen molar-refractivity contribution in [3.8, 4) is 0 Å². The van der Waals surface area contributed by atoms with E-state index in [1.54, 1.807) is 6.07 Å². The number of aromatic nitrogens is 3. The highest BCUT2D eigenvalue weighted by atomic mass is 32.1. The first kappa shape index (κ1) is 16.5. The second-order valence-corrected chi connectivity index (χ2v) is 7.20. The van der Waals surface area contributed by atoms with Crippen LogP contribution in [-0.2, 0) is 6.54 Å². The highest BCUT2D eigenvalue weighted by Gasteiger charge is 2.31. The van der Waals surface area contributed by atoms with Gasteiger partial charge in [0.2, 0.25) is 0 Å². The van der Waals surface area contributed by atoms with Crippen LogP contribution < -0.4 is 11.4 Å². The Labute approximate surface area is 153 Å². The summed E-state index contributed by atoms with van der Waals surface area (Å²) in [5, 5.41) is 4.56. The smallest absolute Gasteiger partial charge is 0.298 e. The summed E-state index contributed by atoms with van der Waals surface area (Å²) >= 11 is 1.49. The third kappa shape index (κ3) is 2.80. The lowest BCUT2D eigenvalue weighted by Gasteiger charge is -2.19. The molecule has 0 unspecified atom stereocenters. The minimum Gasteiger partial charge on any atom is -0.298 e. The van der Waals surface area contributed by atoms with Crippen molar-refractivity contribution in [1.82, 2.24) is 14.3 Å². The fraction of sp³-hybridized carbons (Fsp3) is 0.211. The van der Waals surface area contributed by atoms with Gasteiger partial charge < -0.3 is 0 Å². The molecule has 0 spiro atoms. The van der Waals surface area contributed by atoms with Crippen LogP contribution in [0, 0.1) is 0 Å². The van der Waals surface area contributed by atoms with E-state index < -0.39 is 5.69 Å². The molecule has 1 aliphatic rings. The summed E-state index contributed by atoms with van der Waals surface area (Å²) in [6.45, 7) is 0.228. The lowest BCUT2D eigenvalue weighted by Crippen LogP contribution is -2.31. The standard InChI is InChI=1S/C19H17N3O3S/c23-12-14-9-10-26-17(14)15-7-4-8-16(15)22-19(25)21(18(24)20-22)11-13-5-2-1-3-6-13/h1-7,9-10,12,15-16H,8,11H2,(H,20,24)/t15-,16-/m0/s1. The van der Waals surface area contributed by atoms with E-state index in [-0.39, 0.29) is 24.2 Å². The fourth-order valence-corrected chi connectivity index (χ4v) is 4.43. The monoisotopic (exact) mass is 367 g/mol. The predicted octanol–water partition coefficient (Wildman–Crippen LogP) is 2.55. The van der Waals surface area contributed by atoms with Crippen LogP contribution >= 0.6 is 11.3 Å². The van der Waals surface area contributed by atoms with Gasteiger partial charge in [-0.3, -0.25) is 4.79 Å². The maximum Gasteiger partial charge on any atom is 0.347 e. The number of nitrogens with zero attached hydrogens (tertiary/aromatic N) is 2. The Morgan fingerprint density at radius 1 is 1.19 bits per heavy atom. The first-order chi connectivity index (χ1) is 12.7. The van der Waals surface area contributed by atoms with Crippen LogP contribution in [0.1, 0.15) is 39.2 Å². The fourth-order valence-electron chi connectivity index (χ4n) is 3.43. The number of hydrogen-bond acceptors (Lipinski definition) is 4. The molecule has 0 saturated carbocycles. The normalized spacial score (nSPS) is 19.1. The summed E-state index contributed by atoms with van der Waals surface area (Å²) in [5.41, 5.74) is 0.740. The number of carbonyl (C=O) groups excluding carboxylic acids is 1. The van der Waals surface area contributed by atoms with Gasteiger partial charge in [-0.2, -0.15) is 0 Å². The maximum absolute atomic E-state index is 12.9. The van der Waals surface area contributed by atoms with E-state index in [4.69, 9.17) is 0 Å². The Kier molecular flexibility index (Phi) is 4.30. The summed E-state index contributed by atoms with van der Waals surface area (Å²) in [5.74, 6) is -0.101. The molecule has 1 aromatic carbocycles. The molecule has 3 aromatic rings. The summed E-state index contributed by atoms with van der Waals surface area (Å²) in [6, 6.07) is 10.9. The van der Waals surface area contributed by atoms with Crippen LogP contribution in [0.3, 0.4) is 0 Å². The molecule has 0 bridgehead atoms. The Bertz CT molecular complexity index is 1070. The van der Waals surface area contributed by atoms with Crippen molar-refractivity contribution < 1.29 is 4.79 Å². The SMILES string of the molecule is O=Cc1ccsc1[C@H]1C=CC[C@@H]1n1[nH]c(=O)n(Cc2ccccc2)c1=O. The number of aldehydes is 1. The molecule has 4 rings (SSSR count). The number of hydrogen-bond donors (Lipinski definition) is 1. The van der Waals surface area contributed by atoms with Gasteiger partial charge in [0, 0.05) is 16.4 Å². The largest absolute Gasteiger partial charge is 0.347 e. The molecule has 132 valence electrons. The van der Waals surface area contributed by atoms with Gasteiger partial charge in [-0.1, -0.05) is 42.5 Å². The molecule has 7 heteroatoms. The molecule has 6 nitrogen and oxygen atoms in total. The molecule has 1 N–H and O–H groups in total. The second kappa shape index (κ2) is 6.76. The topological polar surface area (TPSA) is 76.9 Å². The van der Waals surface area contributed by atoms with Gasteiger partial charge in [0.1, 0.15) is 0 Å². The van der Waals surface area contributed by atoms with E-state index in [9.17, 15) is 14.4 Å². The van der Waals surface area contributed by atoms with Crippen molar-refractivity contribution in [2.75, 3.05) is 0 Å². The zero-order chi connectivity index (χ0) is 18.1. The average molecular weight is 367 g/mol. The molecular formula is C19H17N3O3S. The zero-order valence-electron chi connectivity index (χ0n) is 13.9. The van der Waals surface area contributed by atoms with E-state index in [0.717, 1.165) is 16.7 Å². The van der Waals surface area contributed by atoms with E-state index in [1.165, 1.54) is 20.6 Å². The van der Waals surface area contributed by atoms with Crippen LogP contribution in [0.4, 0.5) is 0 Å². The molecular weight excluding hydrogens is 350 g/mol. The van der Waals surface area contributed by atoms with E-state index in [1.807, 2.05) is 47.9 Å². The first-order valence-corrected chi connectivity index (χ1v) is 9.21. The molecule has 0 amide bonds. The van der Waals surface area contributed by atoms with E-state index >= 15 is 0 Å². The highest BCUT2D eigenvalue weighted by molar-refractivity contribution is 7.10. The number of allylic oxidation sites excluding steroid dienone is 2. The Hall–Kier alpha value is -2.93. The third-order valence-corrected chi connectivity index (χ3v) is 5.74. The number of benzene rings is 1. The van der Waals surface area contributed by atoms with Crippen molar-refractivity contribution in [2.24, 2.45) is 0 Å². The van der Waals surface area contributed by atoms with Crippen molar-refractivity contribution in [3.05, 3.63) is 90.9 Å². The summed E-state index contributed by atoms with van der Waals surface area (Å²) in [4.78, 5) is 37.4. The molecule has 2 aromatic heterocycles. The lowest BCUT2D eigenvalue weighted by molar-refractivity contribution is 0.112. The molecule has 2 atom stereocenters. The summed E-state index contributed by atoms with van der Waals surface area (Å²) in [7, 11) is 0. The van der Waals surface area contributed by atoms with Crippen LogP contribution in [0.2, 0.25) is 0 Å². The second-order valence-electron chi connectivity index (χ2n) is 6.26. The number of thiophene rings is 1. The van der Waals surface area contributed by atoms with E-state index in [0.29, 0.717) is 12.0 Å². The van der Waals surface area contributed by atoms with Crippen LogP contribution in [-0.4, -0.2) is 20.6 Å². The number of H-pyrrole nitrogens is 1. The Balaban J connectivity index is 1.70. The maximum atomic E-state index is 12.9. The van der Waals surface area contributed by atoms with E-state index in [2.05, 4.69) is 5.10 Å². The average Bonchev–Trinajstić information content (AvgIpc) is 3.37. The minimum atomic E-state index is -0.425. The molecule has 26 heavy (non-hydrogen) atoms. The molecule has 0 aliphatic heterocycles. The molecule has 0 radical (unpaired) electrons. The van der Waals surface area contributed by atoms with Crippen LogP contribution in [0.15, 0.2) is 63.5 Å². The van der Waals surface area contributed by atoms with Crippen LogP contribution in [0.25, 0.3) is 0 Å². The predicted molar refractivity (Wildman–Crippen MR) is 100 cm³/mol. The van der Waals surface area contributed by atoms with Gasteiger partial charge in [-0.05, 0) is 23.4 Å². The number of rotatable bonds is 5. The highest BCUT2D eigenvalue weighted by Crippen LogP contribution is 2.40. The zero-order valence-corrected chi connectivity index (χ0v) is 14.7. The third-order valence-electron chi connectivity index (χ3n) is 4.71. The molecule has 1 aliphatic carbocycles. The first-order valence-electron chi connectivity index (χ1n) is 8.33. The number of carbonyl (C=O) groups is 1. The summed E-state index contributed by atoms with van der Waals surface area (Å²) < 4.78 is 2.62. The Morgan fingerprint density at radius 2 is 2.00 bits per heavy atom. The van der Waals surface area contributed by atoms with Gasteiger partial charge in [0.25, 0.3) is 0 Å². The molecule has 2 heterocycles. The van der Waals surface area contributed by atoms with Gasteiger partial charge in [0.05, 0.1) is 12.6 Å². The number of aromatic amines is 1. The summed E-state index contributed by atoms with van der Waals surface area (Å²) in [6.07, 6.45) is 5.46. The van der Waals surface area contributed by atoms with Crippen molar-refractivity contribution in [3.63, 3.8) is 0 Å². The van der Waals surface area contributed by atoms with Gasteiger partial charge in [-0.25, -0.2) is 23.9 Å². The quantitative estimate of drug-likeness (QED) is 0.556. The Morgan fingerprint density at radius 3 is 2.77 bits per heavy atom. The van der Waals surface area contributed by atoms with Crippen molar-refractivity contribution in [1.29, 1.82) is 0 Å². The van der Waals surface area contributed by atoms with Gasteiger partial charge in [0.15, 0.2) is 6.29 Å². The lowest BCUT2D eigenvalue weighted by atomic mass is 9.99. The van der Waals surface area contributed by atoms with Crippen LogP contribution in [0.5, 0.6) is 0 Å². The molecule has 0 fully saturated rings.